The van der Waals surface area contributed by atoms with Crippen LogP contribution in [0.5, 0.6) is 5.75 Å². The number of methoxy groups -OCH3 is 2. The lowest BCUT2D eigenvalue weighted by Crippen LogP contribution is -2.36. The maximum atomic E-state index is 12.7. The zero-order valence-corrected chi connectivity index (χ0v) is 14.8. The Hall–Kier alpha value is -3.39. The van der Waals surface area contributed by atoms with Gasteiger partial charge in [-0.25, -0.2) is 9.59 Å². The third kappa shape index (κ3) is 3.47. The standard InChI is InChI=1S/C19H18N2O6/c1-26-16-6-4-3-5-13(16)15(22)10-21-17(23)12-8-7-11(18(24)27-2)9-14(12)20-19(21)25/h3-9,15,22H,10H2,1-2H3,(H,20,25). The van der Waals surface area contributed by atoms with Gasteiger partial charge in [0.25, 0.3) is 5.56 Å². The Kier molecular flexibility index (Phi) is 5.09. The van der Waals surface area contributed by atoms with Crippen molar-refractivity contribution in [3.63, 3.8) is 0 Å². The first-order valence-corrected chi connectivity index (χ1v) is 8.12. The van der Waals surface area contributed by atoms with Crippen molar-refractivity contribution in [3.8, 4) is 5.75 Å². The fraction of sp³-hybridized carbons (Fsp3) is 0.211. The minimum absolute atomic E-state index is 0.215. The Labute approximate surface area is 153 Å². The molecule has 0 fully saturated rings. The van der Waals surface area contributed by atoms with Crippen molar-refractivity contribution in [2.24, 2.45) is 0 Å². The number of H-pyrrole nitrogens is 1. The largest absolute Gasteiger partial charge is 0.496 e. The number of aromatic amines is 1. The average Bonchev–Trinajstić information content (AvgIpc) is 2.69. The lowest BCUT2D eigenvalue weighted by atomic mass is 10.1. The van der Waals surface area contributed by atoms with E-state index in [1.54, 1.807) is 24.3 Å². The molecule has 0 saturated heterocycles. The molecule has 0 bridgehead atoms. The molecule has 1 aromatic heterocycles. The van der Waals surface area contributed by atoms with Crippen molar-refractivity contribution in [1.82, 2.24) is 9.55 Å². The number of aliphatic hydroxyl groups is 1. The number of nitrogens with one attached hydrogen (secondary N) is 1. The van der Waals surface area contributed by atoms with Gasteiger partial charge in [0.2, 0.25) is 0 Å². The molecule has 0 saturated carbocycles. The van der Waals surface area contributed by atoms with Crippen LogP contribution in [0.1, 0.15) is 22.0 Å². The van der Waals surface area contributed by atoms with E-state index in [2.05, 4.69) is 9.72 Å². The molecule has 3 aromatic rings. The zero-order valence-electron chi connectivity index (χ0n) is 14.8. The molecule has 8 nitrogen and oxygen atoms in total. The summed E-state index contributed by atoms with van der Waals surface area (Å²) in [5.41, 5.74) is -0.363. The lowest BCUT2D eigenvalue weighted by molar-refractivity contribution is 0.0601. The maximum Gasteiger partial charge on any atom is 0.337 e. The van der Waals surface area contributed by atoms with Gasteiger partial charge in [0.15, 0.2) is 0 Å². The minimum Gasteiger partial charge on any atom is -0.496 e. The van der Waals surface area contributed by atoms with Crippen molar-refractivity contribution >= 4 is 16.9 Å². The van der Waals surface area contributed by atoms with Crippen LogP contribution in [0.2, 0.25) is 0 Å². The highest BCUT2D eigenvalue weighted by Gasteiger charge is 2.17. The first kappa shape index (κ1) is 18.4. The summed E-state index contributed by atoms with van der Waals surface area (Å²) >= 11 is 0. The number of rotatable bonds is 5. The van der Waals surface area contributed by atoms with Gasteiger partial charge in [-0.1, -0.05) is 18.2 Å². The molecule has 1 heterocycles. The fourth-order valence-corrected chi connectivity index (χ4v) is 2.88. The van der Waals surface area contributed by atoms with Crippen LogP contribution >= 0.6 is 0 Å². The zero-order chi connectivity index (χ0) is 19.6. The Bertz CT molecular complexity index is 1120. The molecule has 2 N–H and O–H groups in total. The Morgan fingerprint density at radius 1 is 1.19 bits per heavy atom. The van der Waals surface area contributed by atoms with Crippen molar-refractivity contribution in [1.29, 1.82) is 0 Å². The molecule has 0 aliphatic carbocycles. The van der Waals surface area contributed by atoms with Gasteiger partial charge in [-0.2, -0.15) is 0 Å². The van der Waals surface area contributed by atoms with Gasteiger partial charge < -0.3 is 19.6 Å². The van der Waals surface area contributed by atoms with Crippen molar-refractivity contribution < 1.29 is 19.4 Å². The molecule has 0 amide bonds. The van der Waals surface area contributed by atoms with Crippen LogP contribution in [-0.4, -0.2) is 34.8 Å². The fourth-order valence-electron chi connectivity index (χ4n) is 2.88. The first-order valence-electron chi connectivity index (χ1n) is 8.12. The Morgan fingerprint density at radius 2 is 1.93 bits per heavy atom. The summed E-state index contributed by atoms with van der Waals surface area (Å²) in [5, 5.41) is 10.7. The second-order valence-corrected chi connectivity index (χ2v) is 5.86. The number of aromatic nitrogens is 2. The van der Waals surface area contributed by atoms with E-state index >= 15 is 0 Å². The number of aliphatic hydroxyl groups excluding tert-OH is 1. The maximum absolute atomic E-state index is 12.7. The quantitative estimate of drug-likeness (QED) is 0.654. The number of hydrogen-bond donors (Lipinski definition) is 2. The van der Waals surface area contributed by atoms with Gasteiger partial charge in [0.1, 0.15) is 11.9 Å². The average molecular weight is 370 g/mol. The Balaban J connectivity index is 2.04. The summed E-state index contributed by atoms with van der Waals surface area (Å²) in [7, 11) is 2.71. The van der Waals surface area contributed by atoms with E-state index in [4.69, 9.17) is 4.74 Å². The van der Waals surface area contributed by atoms with Crippen LogP contribution in [-0.2, 0) is 11.3 Å². The van der Waals surface area contributed by atoms with Crippen LogP contribution < -0.4 is 16.0 Å². The van der Waals surface area contributed by atoms with Gasteiger partial charge in [-0.15, -0.1) is 0 Å². The van der Waals surface area contributed by atoms with Gasteiger partial charge in [0.05, 0.1) is 37.2 Å². The number of benzene rings is 2. The van der Waals surface area contributed by atoms with Gasteiger partial charge in [-0.3, -0.25) is 9.36 Å². The molecule has 0 aliphatic heterocycles. The molecule has 2 aromatic carbocycles. The van der Waals surface area contributed by atoms with Crippen LogP contribution in [0.15, 0.2) is 52.1 Å². The molecular weight excluding hydrogens is 352 g/mol. The molecule has 27 heavy (non-hydrogen) atoms. The lowest BCUT2D eigenvalue weighted by Gasteiger charge is -2.15. The number of fused-ring (bicyclic) bond motifs is 1. The summed E-state index contributed by atoms with van der Waals surface area (Å²) < 4.78 is 10.8. The SMILES string of the molecule is COC(=O)c1ccc2c(=O)n(CC(O)c3ccccc3OC)c(=O)[nH]c2c1. The number of nitrogens with zero attached hydrogens (tertiary/aromatic N) is 1. The highest BCUT2D eigenvalue weighted by atomic mass is 16.5. The van der Waals surface area contributed by atoms with E-state index < -0.39 is 23.3 Å². The molecule has 0 aliphatic rings. The minimum atomic E-state index is -1.12. The van der Waals surface area contributed by atoms with Crippen LogP contribution in [0.3, 0.4) is 0 Å². The molecule has 3 rings (SSSR count). The number of para-hydroxylation sites is 1. The van der Waals surface area contributed by atoms with Gasteiger partial charge in [0, 0.05) is 5.56 Å². The van der Waals surface area contributed by atoms with E-state index in [0.717, 1.165) is 4.57 Å². The number of ether oxygens (including phenoxy) is 2. The van der Waals surface area contributed by atoms with E-state index in [9.17, 15) is 19.5 Å². The number of carbonyl (C=O) groups is 1. The highest BCUT2D eigenvalue weighted by Crippen LogP contribution is 2.25. The van der Waals surface area contributed by atoms with Crippen molar-refractivity contribution in [3.05, 3.63) is 74.4 Å². The third-order valence-electron chi connectivity index (χ3n) is 4.26. The second-order valence-electron chi connectivity index (χ2n) is 5.86. The van der Waals surface area contributed by atoms with Gasteiger partial charge in [-0.05, 0) is 24.3 Å². The first-order chi connectivity index (χ1) is 13.0. The van der Waals surface area contributed by atoms with Crippen LogP contribution in [0, 0.1) is 0 Å². The molecular formula is C19H18N2O6. The number of carbonyl (C=O) groups excluding carboxylic acids is 1. The van der Waals surface area contributed by atoms with Crippen LogP contribution in [0.4, 0.5) is 0 Å². The van der Waals surface area contributed by atoms with Crippen molar-refractivity contribution in [2.45, 2.75) is 12.6 Å². The van der Waals surface area contributed by atoms with Gasteiger partial charge >= 0.3 is 11.7 Å². The number of esters is 1. The second kappa shape index (κ2) is 7.46. The molecule has 1 atom stereocenters. The summed E-state index contributed by atoms with van der Waals surface area (Å²) in [6, 6.07) is 11.1. The predicted octanol–water partition coefficient (Wildman–Crippen LogP) is 1.22. The van der Waals surface area contributed by atoms with Crippen LogP contribution in [0.25, 0.3) is 10.9 Å². The normalized spacial score (nSPS) is 12.0. The summed E-state index contributed by atoms with van der Waals surface area (Å²) in [6.45, 7) is -0.247. The van der Waals surface area contributed by atoms with E-state index in [1.165, 1.54) is 32.4 Å². The smallest absolute Gasteiger partial charge is 0.337 e. The van der Waals surface area contributed by atoms with E-state index in [-0.39, 0.29) is 23.0 Å². The monoisotopic (exact) mass is 370 g/mol. The molecule has 0 radical (unpaired) electrons. The van der Waals surface area contributed by atoms with E-state index in [1.807, 2.05) is 0 Å². The summed E-state index contributed by atoms with van der Waals surface area (Å²) in [5.74, 6) is -0.119. The molecule has 1 unspecified atom stereocenters. The highest BCUT2D eigenvalue weighted by molar-refractivity contribution is 5.93. The third-order valence-corrected chi connectivity index (χ3v) is 4.26. The van der Waals surface area contributed by atoms with Crippen molar-refractivity contribution in [2.75, 3.05) is 14.2 Å². The summed E-state index contributed by atoms with van der Waals surface area (Å²) in [6.07, 6.45) is -1.12. The Morgan fingerprint density at radius 3 is 2.63 bits per heavy atom. The molecule has 8 heteroatoms. The molecule has 140 valence electrons. The van der Waals surface area contributed by atoms with E-state index in [0.29, 0.717) is 11.3 Å². The topological polar surface area (TPSA) is 111 Å². The number of hydrogen-bond acceptors (Lipinski definition) is 6. The predicted molar refractivity (Wildman–Crippen MR) is 98.1 cm³/mol. The summed E-state index contributed by atoms with van der Waals surface area (Å²) in [4.78, 5) is 39.3. The molecule has 0 spiro atoms.